The molecule has 0 heterocycles. The molecule has 4 heteroatoms. The van der Waals surface area contributed by atoms with Gasteiger partial charge in [0.05, 0.1) is 17.7 Å². The first-order valence-electron chi connectivity index (χ1n) is 7.41. The van der Waals surface area contributed by atoms with E-state index in [1.807, 2.05) is 39.1 Å². The molecule has 0 amide bonds. The second-order valence-corrected chi connectivity index (χ2v) is 5.60. The summed E-state index contributed by atoms with van der Waals surface area (Å²) in [7, 11) is 2.01. The maximum Gasteiger partial charge on any atom is 0.122 e. The van der Waals surface area contributed by atoms with Crippen LogP contribution in [0.15, 0.2) is 22.3 Å². The molecule has 0 fully saturated rings. The smallest absolute Gasteiger partial charge is 0.122 e. The topological polar surface area (TPSA) is 37.2 Å². The van der Waals surface area contributed by atoms with Gasteiger partial charge in [0.15, 0.2) is 0 Å². The van der Waals surface area contributed by atoms with E-state index in [9.17, 15) is 0 Å². The van der Waals surface area contributed by atoms with Gasteiger partial charge in [0.2, 0.25) is 0 Å². The Bertz CT molecular complexity index is 533. The van der Waals surface area contributed by atoms with Gasteiger partial charge in [-0.1, -0.05) is 5.16 Å². The summed E-state index contributed by atoms with van der Waals surface area (Å²) in [6.07, 6.45) is 1.96. The Kier molecular flexibility index (Phi) is 6.40. The monoisotopic (exact) mass is 289 g/mol. The molecular formula is C17H27N3O. The predicted molar refractivity (Wildman–Crippen MR) is 90.8 cm³/mol. The van der Waals surface area contributed by atoms with E-state index in [0.717, 1.165) is 34.6 Å². The van der Waals surface area contributed by atoms with Crippen LogP contribution < -0.4 is 0 Å². The number of hydrogen-bond acceptors (Lipinski definition) is 3. The molecule has 116 valence electrons. The predicted octanol–water partition coefficient (Wildman–Crippen LogP) is 4.06. The highest BCUT2D eigenvalue weighted by molar-refractivity contribution is 6.00. The van der Waals surface area contributed by atoms with Crippen molar-refractivity contribution in [1.29, 1.82) is 0 Å². The van der Waals surface area contributed by atoms with Crippen LogP contribution in [0.25, 0.3) is 0 Å². The normalized spacial score (nSPS) is 12.3. The van der Waals surface area contributed by atoms with Crippen LogP contribution in [0.1, 0.15) is 44.4 Å². The van der Waals surface area contributed by atoms with Gasteiger partial charge in [0.1, 0.15) is 6.10 Å². The zero-order valence-corrected chi connectivity index (χ0v) is 14.3. The molecule has 0 bridgehead atoms. The molecule has 4 nitrogen and oxygen atoms in total. The molecule has 1 rings (SSSR count). The number of nitrogens with zero attached hydrogens (tertiary/aromatic N) is 3. The van der Waals surface area contributed by atoms with Gasteiger partial charge in [0, 0.05) is 19.2 Å². The Labute approximate surface area is 128 Å². The van der Waals surface area contributed by atoms with Gasteiger partial charge < -0.3 is 9.74 Å². The average molecular weight is 289 g/mol. The molecule has 1 aromatic rings. The van der Waals surface area contributed by atoms with Crippen molar-refractivity contribution in [2.45, 2.75) is 47.6 Å². The Hall–Kier alpha value is -1.84. The molecule has 0 saturated carbocycles. The Balaban J connectivity index is 3.04. The highest BCUT2D eigenvalue weighted by Crippen LogP contribution is 2.23. The molecule has 0 N–H and O–H groups in total. The number of aliphatic imine (C=N–C) groups is 1. The lowest BCUT2D eigenvalue weighted by Crippen LogP contribution is -2.14. The molecule has 0 unspecified atom stereocenters. The Morgan fingerprint density at radius 2 is 1.95 bits per heavy atom. The number of hydrogen-bond donors (Lipinski definition) is 0. The van der Waals surface area contributed by atoms with Gasteiger partial charge >= 0.3 is 0 Å². The van der Waals surface area contributed by atoms with Gasteiger partial charge in [-0.05, 0) is 64.8 Å². The Morgan fingerprint density at radius 1 is 1.29 bits per heavy atom. The van der Waals surface area contributed by atoms with Crippen LogP contribution in [0.2, 0.25) is 0 Å². The minimum atomic E-state index is 0.0924. The molecule has 0 saturated heterocycles. The van der Waals surface area contributed by atoms with E-state index in [0.29, 0.717) is 0 Å². The molecule has 21 heavy (non-hydrogen) atoms. The highest BCUT2D eigenvalue weighted by Gasteiger charge is 2.07. The zero-order valence-electron chi connectivity index (χ0n) is 14.3. The van der Waals surface area contributed by atoms with Crippen LogP contribution in [0.4, 0.5) is 5.69 Å². The third kappa shape index (κ3) is 5.21. The van der Waals surface area contributed by atoms with E-state index >= 15 is 0 Å². The van der Waals surface area contributed by atoms with Crippen molar-refractivity contribution in [2.75, 3.05) is 13.6 Å². The van der Waals surface area contributed by atoms with Crippen LogP contribution in [-0.2, 0) is 4.84 Å². The molecule has 0 aromatic heterocycles. The van der Waals surface area contributed by atoms with E-state index in [1.165, 1.54) is 0 Å². The van der Waals surface area contributed by atoms with Crippen molar-refractivity contribution < 1.29 is 4.84 Å². The van der Waals surface area contributed by atoms with Crippen LogP contribution in [0, 0.1) is 13.8 Å². The highest BCUT2D eigenvalue weighted by atomic mass is 16.6. The van der Waals surface area contributed by atoms with E-state index in [4.69, 9.17) is 4.84 Å². The third-order valence-corrected chi connectivity index (χ3v) is 3.23. The van der Waals surface area contributed by atoms with Crippen molar-refractivity contribution in [1.82, 2.24) is 4.90 Å². The van der Waals surface area contributed by atoms with E-state index in [2.05, 4.69) is 43.1 Å². The van der Waals surface area contributed by atoms with Crippen LogP contribution in [0.5, 0.6) is 0 Å². The summed E-state index contributed by atoms with van der Waals surface area (Å²) in [5, 5.41) is 4.18. The summed E-state index contributed by atoms with van der Waals surface area (Å²) in [6.45, 7) is 13.1. The number of benzene rings is 1. The summed E-state index contributed by atoms with van der Waals surface area (Å²) in [4.78, 5) is 11.9. The third-order valence-electron chi connectivity index (χ3n) is 3.23. The van der Waals surface area contributed by atoms with Gasteiger partial charge in [-0.2, -0.15) is 0 Å². The fraction of sp³-hybridized carbons (Fsp3) is 0.529. The van der Waals surface area contributed by atoms with Crippen molar-refractivity contribution in [2.24, 2.45) is 10.1 Å². The SMILES string of the molecule is CCN(C)/C=N/c1cc(C)c(/C(C)=N/OC(C)C)cc1C. The molecule has 0 atom stereocenters. The van der Waals surface area contributed by atoms with E-state index in [-0.39, 0.29) is 6.10 Å². The lowest BCUT2D eigenvalue weighted by atomic mass is 10.0. The second-order valence-electron chi connectivity index (χ2n) is 5.60. The number of aryl methyl sites for hydroxylation is 2. The molecular weight excluding hydrogens is 262 g/mol. The molecule has 0 radical (unpaired) electrons. The summed E-state index contributed by atoms with van der Waals surface area (Å²) in [5.74, 6) is 0. The Morgan fingerprint density at radius 3 is 2.52 bits per heavy atom. The van der Waals surface area contributed by atoms with E-state index < -0.39 is 0 Å². The minimum Gasteiger partial charge on any atom is -0.393 e. The van der Waals surface area contributed by atoms with Gasteiger partial charge in [-0.3, -0.25) is 0 Å². The van der Waals surface area contributed by atoms with Crippen LogP contribution in [0.3, 0.4) is 0 Å². The second kappa shape index (κ2) is 7.81. The van der Waals surface area contributed by atoms with Crippen molar-refractivity contribution in [3.05, 3.63) is 28.8 Å². The summed E-state index contributed by atoms with van der Waals surface area (Å²) in [6, 6.07) is 4.22. The summed E-state index contributed by atoms with van der Waals surface area (Å²) in [5.41, 5.74) is 5.28. The number of oxime groups is 1. The van der Waals surface area contributed by atoms with Crippen molar-refractivity contribution >= 4 is 17.7 Å². The largest absolute Gasteiger partial charge is 0.393 e. The molecule has 0 aliphatic heterocycles. The fourth-order valence-electron chi connectivity index (χ4n) is 1.81. The lowest BCUT2D eigenvalue weighted by Gasteiger charge is -2.12. The van der Waals surface area contributed by atoms with Crippen LogP contribution in [-0.4, -0.2) is 36.6 Å². The van der Waals surface area contributed by atoms with Crippen LogP contribution >= 0.6 is 0 Å². The summed E-state index contributed by atoms with van der Waals surface area (Å²) < 4.78 is 0. The lowest BCUT2D eigenvalue weighted by molar-refractivity contribution is 0.0860. The zero-order chi connectivity index (χ0) is 16.0. The molecule has 0 aliphatic carbocycles. The van der Waals surface area contributed by atoms with Gasteiger partial charge in [-0.15, -0.1) is 0 Å². The molecule has 0 aliphatic rings. The quantitative estimate of drug-likeness (QED) is 0.450. The first kappa shape index (κ1) is 17.2. The number of rotatable bonds is 6. The average Bonchev–Trinajstić information content (AvgIpc) is 2.44. The fourth-order valence-corrected chi connectivity index (χ4v) is 1.81. The molecule has 0 spiro atoms. The maximum atomic E-state index is 5.33. The first-order valence-corrected chi connectivity index (χ1v) is 7.41. The molecule has 1 aromatic carbocycles. The van der Waals surface area contributed by atoms with E-state index in [1.54, 1.807) is 0 Å². The van der Waals surface area contributed by atoms with Crippen molar-refractivity contribution in [3.8, 4) is 0 Å². The standard InChI is InChI=1S/C17H27N3O/c1-8-20(7)11-18-17-10-13(4)16(9-14(17)5)15(6)19-21-12(2)3/h9-12H,8H2,1-7H3/b18-11+,19-15+. The van der Waals surface area contributed by atoms with Gasteiger partial charge in [-0.25, -0.2) is 4.99 Å². The minimum absolute atomic E-state index is 0.0924. The first-order chi connectivity index (χ1) is 9.85. The van der Waals surface area contributed by atoms with Gasteiger partial charge in [0.25, 0.3) is 0 Å². The summed E-state index contributed by atoms with van der Waals surface area (Å²) >= 11 is 0. The van der Waals surface area contributed by atoms with Crippen molar-refractivity contribution in [3.63, 3.8) is 0 Å². The maximum absolute atomic E-state index is 5.33.